The molecule has 1 aliphatic rings. The normalized spacial score (nSPS) is 14.0. The van der Waals surface area contributed by atoms with Crippen molar-refractivity contribution in [1.82, 2.24) is 14.8 Å². The molecule has 1 aliphatic heterocycles. The molecule has 3 aromatic rings. The van der Waals surface area contributed by atoms with E-state index in [1.54, 1.807) is 6.07 Å². The highest BCUT2D eigenvalue weighted by Crippen LogP contribution is 2.31. The van der Waals surface area contributed by atoms with Gasteiger partial charge in [0.05, 0.1) is 11.4 Å². The number of fused-ring (bicyclic) bond motifs is 2. The predicted octanol–water partition coefficient (Wildman–Crippen LogP) is 3.68. The number of ketones is 1. The molecule has 0 atom stereocenters. The molecule has 140 valence electrons. The third kappa shape index (κ3) is 3.62. The molecule has 0 bridgehead atoms. The van der Waals surface area contributed by atoms with Crippen LogP contribution in [0.3, 0.4) is 0 Å². The van der Waals surface area contributed by atoms with Gasteiger partial charge in [-0.05, 0) is 25.0 Å². The van der Waals surface area contributed by atoms with Crippen molar-refractivity contribution >= 4 is 40.1 Å². The van der Waals surface area contributed by atoms with Gasteiger partial charge in [0.2, 0.25) is 5.91 Å². The maximum Gasteiger partial charge on any atom is 0.234 e. The Kier molecular flexibility index (Phi) is 4.98. The number of aryl methyl sites for hydroxylation is 1. The zero-order valence-corrected chi connectivity index (χ0v) is 15.8. The van der Waals surface area contributed by atoms with Crippen molar-refractivity contribution in [2.75, 3.05) is 11.1 Å². The molecule has 27 heavy (non-hydrogen) atoms. The number of para-hydroxylation sites is 1. The van der Waals surface area contributed by atoms with Gasteiger partial charge in [-0.25, -0.2) is 0 Å². The molecule has 0 aliphatic carbocycles. The molecular weight excluding hydrogens is 364 g/mol. The number of benzene rings is 1. The number of carbonyl (C=O) groups excluding carboxylic acids is 2. The quantitative estimate of drug-likeness (QED) is 0.533. The zero-order valence-electron chi connectivity index (χ0n) is 15.0. The van der Waals surface area contributed by atoms with Crippen LogP contribution in [0.2, 0.25) is 0 Å². The molecule has 3 heterocycles. The zero-order chi connectivity index (χ0) is 18.8. The minimum Gasteiger partial charge on any atom is -0.451 e. The van der Waals surface area contributed by atoms with Crippen LogP contribution in [0.5, 0.6) is 0 Å². The Morgan fingerprint density at radius 3 is 2.93 bits per heavy atom. The number of hydrogen-bond donors (Lipinski definition) is 1. The molecule has 2 aromatic heterocycles. The Bertz CT molecular complexity index is 1010. The van der Waals surface area contributed by atoms with E-state index in [9.17, 15) is 9.59 Å². The third-order valence-electron chi connectivity index (χ3n) is 4.59. The summed E-state index contributed by atoms with van der Waals surface area (Å²) in [4.78, 5) is 24.4. The molecule has 7 nitrogen and oxygen atoms in total. The van der Waals surface area contributed by atoms with Gasteiger partial charge in [-0.1, -0.05) is 30.3 Å². The Hall–Kier alpha value is -2.61. The van der Waals surface area contributed by atoms with E-state index in [-0.39, 0.29) is 23.2 Å². The standard InChI is InChI=1S/C19H20N4O3S/c1-12(24)18-17(13-7-4-5-8-14(13)26-18)20-16(25)11-27-19-22-21-15-9-3-2-6-10-23(15)19/h4-5,7-8H,2-3,6,9-11H2,1H3,(H,20,25). The highest BCUT2D eigenvalue weighted by molar-refractivity contribution is 7.99. The SMILES string of the molecule is CC(=O)c1oc2ccccc2c1NC(=O)CSc1nnc2n1CCCCC2. The number of anilines is 1. The van der Waals surface area contributed by atoms with Crippen LogP contribution in [-0.2, 0) is 17.8 Å². The minimum atomic E-state index is -0.225. The van der Waals surface area contributed by atoms with Crippen molar-refractivity contribution in [2.24, 2.45) is 0 Å². The van der Waals surface area contributed by atoms with E-state index in [4.69, 9.17) is 4.42 Å². The van der Waals surface area contributed by atoms with Gasteiger partial charge in [-0.2, -0.15) is 0 Å². The van der Waals surface area contributed by atoms with E-state index < -0.39 is 0 Å². The van der Waals surface area contributed by atoms with Gasteiger partial charge in [0.25, 0.3) is 0 Å². The number of nitrogens with one attached hydrogen (secondary N) is 1. The molecule has 0 fully saturated rings. The summed E-state index contributed by atoms with van der Waals surface area (Å²) < 4.78 is 7.71. The fourth-order valence-electron chi connectivity index (χ4n) is 3.29. The Labute approximate surface area is 160 Å². The molecule has 1 aromatic carbocycles. The van der Waals surface area contributed by atoms with Gasteiger partial charge >= 0.3 is 0 Å². The van der Waals surface area contributed by atoms with Crippen LogP contribution in [0.25, 0.3) is 11.0 Å². The first-order chi connectivity index (χ1) is 13.1. The first-order valence-electron chi connectivity index (χ1n) is 9.00. The molecule has 8 heteroatoms. The van der Waals surface area contributed by atoms with Crippen LogP contribution in [0.1, 0.15) is 42.6 Å². The largest absolute Gasteiger partial charge is 0.451 e. The monoisotopic (exact) mass is 384 g/mol. The highest BCUT2D eigenvalue weighted by Gasteiger charge is 2.20. The van der Waals surface area contributed by atoms with Crippen LogP contribution in [-0.4, -0.2) is 32.2 Å². The van der Waals surface area contributed by atoms with E-state index in [0.29, 0.717) is 11.3 Å². The molecule has 1 amide bonds. The van der Waals surface area contributed by atoms with Crippen molar-refractivity contribution in [3.63, 3.8) is 0 Å². The topological polar surface area (TPSA) is 90.0 Å². The molecule has 0 spiro atoms. The van der Waals surface area contributed by atoms with Crippen LogP contribution < -0.4 is 5.32 Å². The van der Waals surface area contributed by atoms with Gasteiger partial charge in [0.1, 0.15) is 11.4 Å². The minimum absolute atomic E-state index is 0.172. The van der Waals surface area contributed by atoms with E-state index in [1.165, 1.54) is 25.1 Å². The molecule has 0 saturated heterocycles. The van der Waals surface area contributed by atoms with Crippen molar-refractivity contribution in [1.29, 1.82) is 0 Å². The number of carbonyl (C=O) groups is 2. The number of amides is 1. The first-order valence-corrected chi connectivity index (χ1v) is 9.99. The average Bonchev–Trinajstić information content (AvgIpc) is 3.13. The lowest BCUT2D eigenvalue weighted by Crippen LogP contribution is -2.16. The summed E-state index contributed by atoms with van der Waals surface area (Å²) >= 11 is 1.36. The number of nitrogens with zero attached hydrogens (tertiary/aromatic N) is 3. The van der Waals surface area contributed by atoms with Crippen LogP contribution in [0.15, 0.2) is 33.8 Å². The maximum absolute atomic E-state index is 12.5. The number of Topliss-reactive ketones (excluding diaryl/α,β-unsaturated/α-hetero) is 1. The summed E-state index contributed by atoms with van der Waals surface area (Å²) in [5, 5.41) is 12.8. The lowest BCUT2D eigenvalue weighted by atomic mass is 10.2. The Morgan fingerprint density at radius 1 is 1.22 bits per heavy atom. The second-order valence-electron chi connectivity index (χ2n) is 6.56. The lowest BCUT2D eigenvalue weighted by molar-refractivity contribution is -0.113. The predicted molar refractivity (Wildman–Crippen MR) is 103 cm³/mol. The van der Waals surface area contributed by atoms with Gasteiger partial charge < -0.3 is 14.3 Å². The van der Waals surface area contributed by atoms with Gasteiger partial charge in [-0.3, -0.25) is 9.59 Å². The van der Waals surface area contributed by atoms with Crippen molar-refractivity contribution in [3.8, 4) is 0 Å². The molecule has 0 radical (unpaired) electrons. The Balaban J connectivity index is 1.49. The highest BCUT2D eigenvalue weighted by atomic mass is 32.2. The van der Waals surface area contributed by atoms with Crippen LogP contribution in [0, 0.1) is 0 Å². The van der Waals surface area contributed by atoms with E-state index in [2.05, 4.69) is 20.1 Å². The summed E-state index contributed by atoms with van der Waals surface area (Å²) in [5.41, 5.74) is 1.01. The van der Waals surface area contributed by atoms with Gasteiger partial charge in [-0.15, -0.1) is 10.2 Å². The summed E-state index contributed by atoms with van der Waals surface area (Å²) in [7, 11) is 0. The van der Waals surface area contributed by atoms with E-state index >= 15 is 0 Å². The van der Waals surface area contributed by atoms with Crippen LogP contribution >= 0.6 is 11.8 Å². The molecular formula is C19H20N4O3S. The summed E-state index contributed by atoms with van der Waals surface area (Å²) in [5.74, 6) is 0.924. The van der Waals surface area contributed by atoms with Crippen LogP contribution in [0.4, 0.5) is 5.69 Å². The number of hydrogen-bond acceptors (Lipinski definition) is 6. The van der Waals surface area contributed by atoms with Gasteiger partial charge in [0, 0.05) is 25.3 Å². The van der Waals surface area contributed by atoms with Gasteiger partial charge in [0.15, 0.2) is 16.7 Å². The average molecular weight is 384 g/mol. The van der Waals surface area contributed by atoms with E-state index in [1.807, 2.05) is 18.2 Å². The summed E-state index contributed by atoms with van der Waals surface area (Å²) in [6.45, 7) is 2.32. The number of furan rings is 1. The molecule has 0 unspecified atom stereocenters. The molecule has 4 rings (SSSR count). The third-order valence-corrected chi connectivity index (χ3v) is 5.55. The summed E-state index contributed by atoms with van der Waals surface area (Å²) in [6, 6.07) is 7.27. The molecule has 0 saturated carbocycles. The first kappa shape index (κ1) is 17.8. The summed E-state index contributed by atoms with van der Waals surface area (Å²) in [6.07, 6.45) is 4.36. The molecule has 1 N–H and O–H groups in total. The van der Waals surface area contributed by atoms with Crippen molar-refractivity contribution < 1.29 is 14.0 Å². The fraction of sp³-hybridized carbons (Fsp3) is 0.368. The number of thioether (sulfide) groups is 1. The second kappa shape index (κ2) is 7.56. The number of aromatic nitrogens is 3. The lowest BCUT2D eigenvalue weighted by Gasteiger charge is -2.07. The fourth-order valence-corrected chi connectivity index (χ4v) is 4.07. The van der Waals surface area contributed by atoms with Crippen molar-refractivity contribution in [2.45, 2.75) is 44.3 Å². The van der Waals surface area contributed by atoms with E-state index in [0.717, 1.165) is 42.2 Å². The smallest absolute Gasteiger partial charge is 0.234 e. The maximum atomic E-state index is 12.5. The number of rotatable bonds is 5. The Morgan fingerprint density at radius 2 is 2.07 bits per heavy atom. The second-order valence-corrected chi connectivity index (χ2v) is 7.50. The van der Waals surface area contributed by atoms with Crippen molar-refractivity contribution in [3.05, 3.63) is 35.9 Å².